The monoisotopic (exact) mass is 377 g/mol. The highest BCUT2D eigenvalue weighted by Crippen LogP contribution is 2.34. The Labute approximate surface area is 161 Å². The Morgan fingerprint density at radius 3 is 2.00 bits per heavy atom. The van der Waals surface area contributed by atoms with Crippen molar-refractivity contribution in [2.24, 2.45) is 0 Å². The highest BCUT2D eigenvalue weighted by atomic mass is 35.5. The van der Waals surface area contributed by atoms with Crippen LogP contribution in [0.15, 0.2) is 65.6 Å². The molecule has 3 rings (SSSR count). The number of rotatable bonds is 2. The van der Waals surface area contributed by atoms with Gasteiger partial charge in [-0.1, -0.05) is 53.3 Å². The third kappa shape index (κ3) is 4.27. The second kappa shape index (κ2) is 8.11. The maximum atomic E-state index is 14.1. The van der Waals surface area contributed by atoms with Crippen LogP contribution in [-0.4, -0.2) is 0 Å². The van der Waals surface area contributed by atoms with Crippen LogP contribution in [-0.2, 0) is 0 Å². The minimum Gasteiger partial charge on any atom is -0.206 e. The van der Waals surface area contributed by atoms with Crippen molar-refractivity contribution in [1.82, 2.24) is 0 Å². The molecule has 0 aromatic heterocycles. The molecule has 0 aliphatic heterocycles. The third-order valence-corrected chi connectivity index (χ3v) is 4.89. The quantitative estimate of drug-likeness (QED) is 0.292. The molecule has 0 bridgehead atoms. The molecule has 0 atom stereocenters. The van der Waals surface area contributed by atoms with Crippen molar-refractivity contribution in [3.63, 3.8) is 0 Å². The summed E-state index contributed by atoms with van der Waals surface area (Å²) in [6, 6.07) is 18.6. The zero-order valence-corrected chi connectivity index (χ0v) is 15.5. The molecule has 0 unspecified atom stereocenters. The number of thiocyanates is 1. The van der Waals surface area contributed by atoms with E-state index in [1.54, 1.807) is 6.07 Å². The minimum absolute atomic E-state index is 0.151. The molecule has 0 heterocycles. The number of aryl methyl sites for hydroxylation is 1. The van der Waals surface area contributed by atoms with Crippen molar-refractivity contribution in [2.45, 2.75) is 11.8 Å². The Morgan fingerprint density at radius 2 is 1.46 bits per heavy atom. The van der Waals surface area contributed by atoms with Gasteiger partial charge in [-0.15, -0.1) is 0 Å². The van der Waals surface area contributed by atoms with Gasteiger partial charge in [-0.2, -0.15) is 5.26 Å². The van der Waals surface area contributed by atoms with E-state index in [-0.39, 0.29) is 9.92 Å². The zero-order valence-electron chi connectivity index (χ0n) is 13.9. The molecule has 0 radical (unpaired) electrons. The van der Waals surface area contributed by atoms with Crippen molar-refractivity contribution >= 4 is 23.4 Å². The van der Waals surface area contributed by atoms with Gasteiger partial charge in [0.15, 0.2) is 0 Å². The number of nitrogens with zero attached hydrogens (tertiary/aromatic N) is 1. The van der Waals surface area contributed by atoms with Gasteiger partial charge in [0, 0.05) is 11.1 Å². The first kappa shape index (κ1) is 18.1. The molecule has 0 N–H and O–H groups in total. The van der Waals surface area contributed by atoms with Crippen LogP contribution in [0.2, 0.25) is 5.02 Å². The van der Waals surface area contributed by atoms with Crippen LogP contribution < -0.4 is 0 Å². The largest absolute Gasteiger partial charge is 0.206 e. The molecule has 3 aromatic carbocycles. The molecule has 3 aromatic rings. The molecule has 126 valence electrons. The van der Waals surface area contributed by atoms with E-state index in [0.717, 1.165) is 28.5 Å². The van der Waals surface area contributed by atoms with E-state index < -0.39 is 5.82 Å². The Hall–Kier alpha value is -2.72. The Kier molecular flexibility index (Phi) is 5.64. The fourth-order valence-electron chi connectivity index (χ4n) is 2.40. The van der Waals surface area contributed by atoms with Gasteiger partial charge in [0.1, 0.15) is 11.2 Å². The molecular weight excluding hydrogens is 365 g/mol. The van der Waals surface area contributed by atoms with E-state index in [1.165, 1.54) is 11.6 Å². The van der Waals surface area contributed by atoms with Crippen molar-refractivity contribution in [3.8, 4) is 28.4 Å². The van der Waals surface area contributed by atoms with E-state index in [4.69, 9.17) is 16.9 Å². The van der Waals surface area contributed by atoms with E-state index in [1.807, 2.05) is 60.9 Å². The fraction of sp³-hybridized carbons (Fsp3) is 0.0455. The van der Waals surface area contributed by atoms with Crippen LogP contribution in [0.5, 0.6) is 0 Å². The lowest BCUT2D eigenvalue weighted by Crippen LogP contribution is -1.86. The van der Waals surface area contributed by atoms with Gasteiger partial charge in [-0.25, -0.2) is 4.39 Å². The zero-order chi connectivity index (χ0) is 18.5. The Morgan fingerprint density at radius 1 is 0.885 bits per heavy atom. The van der Waals surface area contributed by atoms with Gasteiger partial charge in [0.25, 0.3) is 0 Å². The number of thioether (sulfide) groups is 1. The third-order valence-electron chi connectivity index (χ3n) is 3.77. The topological polar surface area (TPSA) is 23.8 Å². The molecule has 0 fully saturated rings. The summed E-state index contributed by atoms with van der Waals surface area (Å²) < 4.78 is 14.1. The highest BCUT2D eigenvalue weighted by molar-refractivity contribution is 8.03. The average Bonchev–Trinajstić information content (AvgIpc) is 2.64. The molecule has 4 heteroatoms. The SMILES string of the molecule is Cc1ccc(C#Cc2ccc(-c3cc(F)c(SC#N)c(Cl)c3)cc2)cc1. The number of halogens is 2. The molecule has 1 nitrogen and oxygen atoms in total. The fourth-order valence-corrected chi connectivity index (χ4v) is 3.12. The molecule has 0 aliphatic rings. The van der Waals surface area contributed by atoms with Gasteiger partial charge in [-0.05, 0) is 66.2 Å². The predicted octanol–water partition coefficient (Wildman–Crippen LogP) is 6.43. The van der Waals surface area contributed by atoms with Crippen LogP contribution in [0.1, 0.15) is 16.7 Å². The van der Waals surface area contributed by atoms with Crippen LogP contribution in [0, 0.1) is 35.2 Å². The lowest BCUT2D eigenvalue weighted by molar-refractivity contribution is 0.603. The van der Waals surface area contributed by atoms with E-state index >= 15 is 0 Å². The summed E-state index contributed by atoms with van der Waals surface area (Å²) >= 11 is 6.81. The lowest BCUT2D eigenvalue weighted by atomic mass is 10.0. The number of hydrogen-bond donors (Lipinski definition) is 0. The highest BCUT2D eigenvalue weighted by Gasteiger charge is 2.11. The van der Waals surface area contributed by atoms with Crippen molar-refractivity contribution < 1.29 is 4.39 Å². The molecule has 0 amide bonds. The van der Waals surface area contributed by atoms with E-state index in [9.17, 15) is 4.39 Å². The number of nitriles is 1. The molecule has 0 spiro atoms. The maximum Gasteiger partial charge on any atom is 0.139 e. The first-order valence-electron chi connectivity index (χ1n) is 7.81. The number of benzene rings is 3. The summed E-state index contributed by atoms with van der Waals surface area (Å²) in [6.45, 7) is 2.04. The van der Waals surface area contributed by atoms with Gasteiger partial charge < -0.3 is 0 Å². The van der Waals surface area contributed by atoms with Crippen molar-refractivity contribution in [1.29, 1.82) is 5.26 Å². The smallest absolute Gasteiger partial charge is 0.139 e. The van der Waals surface area contributed by atoms with Crippen LogP contribution >= 0.6 is 23.4 Å². The van der Waals surface area contributed by atoms with Crippen molar-refractivity contribution in [3.05, 3.63) is 88.2 Å². The second-order valence-corrected chi connectivity index (χ2v) is 6.86. The van der Waals surface area contributed by atoms with Crippen LogP contribution in [0.3, 0.4) is 0 Å². The summed E-state index contributed by atoms with van der Waals surface area (Å²) in [7, 11) is 0. The first-order chi connectivity index (χ1) is 12.6. The van der Waals surface area contributed by atoms with Gasteiger partial charge in [-0.3, -0.25) is 0 Å². The Balaban J connectivity index is 1.84. The molecule has 0 saturated heterocycles. The summed E-state index contributed by atoms with van der Waals surface area (Å²) in [5, 5.41) is 10.8. The average molecular weight is 378 g/mol. The van der Waals surface area contributed by atoms with E-state index in [0.29, 0.717) is 5.56 Å². The number of hydrogen-bond acceptors (Lipinski definition) is 2. The normalized spacial score (nSPS) is 9.92. The van der Waals surface area contributed by atoms with Gasteiger partial charge in [0.2, 0.25) is 0 Å². The Bertz CT molecular complexity index is 1020. The molecular formula is C22H13ClFNS. The lowest BCUT2D eigenvalue weighted by Gasteiger charge is -2.06. The first-order valence-corrected chi connectivity index (χ1v) is 9.00. The standard InChI is InChI=1S/C22H13ClFNS/c1-15-2-4-16(5-3-15)6-7-17-8-10-18(11-9-17)19-12-20(23)22(26-14-25)21(24)13-19/h2-5,8-13H,1H3. The minimum atomic E-state index is -0.498. The summed E-state index contributed by atoms with van der Waals surface area (Å²) in [4.78, 5) is 0.151. The molecule has 26 heavy (non-hydrogen) atoms. The summed E-state index contributed by atoms with van der Waals surface area (Å²) in [5.41, 5.74) is 4.52. The van der Waals surface area contributed by atoms with Gasteiger partial charge in [0.05, 0.1) is 9.92 Å². The predicted molar refractivity (Wildman–Crippen MR) is 105 cm³/mol. The van der Waals surface area contributed by atoms with Gasteiger partial charge >= 0.3 is 0 Å². The maximum absolute atomic E-state index is 14.1. The van der Waals surface area contributed by atoms with Crippen LogP contribution in [0.25, 0.3) is 11.1 Å². The molecule has 0 saturated carbocycles. The van der Waals surface area contributed by atoms with Crippen LogP contribution in [0.4, 0.5) is 4.39 Å². The molecule has 0 aliphatic carbocycles. The van der Waals surface area contributed by atoms with E-state index in [2.05, 4.69) is 11.8 Å². The van der Waals surface area contributed by atoms with Crippen molar-refractivity contribution in [2.75, 3.05) is 0 Å². The summed E-state index contributed by atoms with van der Waals surface area (Å²) in [5.74, 6) is 5.74. The summed E-state index contributed by atoms with van der Waals surface area (Å²) in [6.07, 6.45) is 0. The second-order valence-electron chi connectivity index (χ2n) is 5.66.